The number of sulfone groups is 1. The van der Waals surface area contributed by atoms with E-state index in [-0.39, 0.29) is 17.5 Å². The van der Waals surface area contributed by atoms with Gasteiger partial charge in [0.1, 0.15) is 0 Å². The molecule has 0 bridgehead atoms. The van der Waals surface area contributed by atoms with Gasteiger partial charge in [-0.3, -0.25) is 4.90 Å². The first-order valence-corrected chi connectivity index (χ1v) is 11.1. The van der Waals surface area contributed by atoms with Gasteiger partial charge in [-0.2, -0.15) is 0 Å². The third-order valence-corrected chi connectivity index (χ3v) is 7.61. The molecule has 9 heteroatoms. The van der Waals surface area contributed by atoms with Crippen molar-refractivity contribution >= 4 is 44.2 Å². The molecule has 6 nitrogen and oxygen atoms in total. The van der Waals surface area contributed by atoms with Crippen LogP contribution in [0.15, 0.2) is 18.2 Å². The average Bonchev–Trinajstić information content (AvgIpc) is 3.06. The number of nitrogens with one attached hydrogen (secondary N) is 1. The van der Waals surface area contributed by atoms with E-state index in [2.05, 4.69) is 30.3 Å². The molecule has 2 heterocycles. The molecule has 1 fully saturated rings. The van der Waals surface area contributed by atoms with E-state index in [4.69, 9.17) is 12.2 Å². The maximum absolute atomic E-state index is 11.7. The molecule has 1 aromatic heterocycles. The van der Waals surface area contributed by atoms with Gasteiger partial charge < -0.3 is 5.32 Å². The van der Waals surface area contributed by atoms with Gasteiger partial charge >= 0.3 is 0 Å². The lowest BCUT2D eigenvalue weighted by Gasteiger charge is -2.22. The van der Waals surface area contributed by atoms with Crippen LogP contribution < -0.4 is 5.32 Å². The van der Waals surface area contributed by atoms with Crippen molar-refractivity contribution in [2.45, 2.75) is 33.0 Å². The molecule has 1 aromatic carbocycles. The predicted molar refractivity (Wildman–Crippen MR) is 105 cm³/mol. The van der Waals surface area contributed by atoms with E-state index in [1.54, 1.807) is 4.68 Å². The number of aromatic nitrogens is 2. The lowest BCUT2D eigenvalue weighted by molar-refractivity contribution is 0.198. The summed E-state index contributed by atoms with van der Waals surface area (Å²) in [6, 6.07) is 6.14. The van der Waals surface area contributed by atoms with Gasteiger partial charge in [-0.05, 0) is 56.7 Å². The minimum Gasteiger partial charge on any atom is -0.330 e. The third-order valence-electron chi connectivity index (χ3n) is 4.64. The number of anilines is 2. The van der Waals surface area contributed by atoms with Crippen LogP contribution in [0.4, 0.5) is 10.8 Å². The Hall–Kier alpha value is -1.29. The quantitative estimate of drug-likeness (QED) is 0.781. The summed E-state index contributed by atoms with van der Waals surface area (Å²) in [6.45, 7) is 4.64. The van der Waals surface area contributed by atoms with E-state index in [0.717, 1.165) is 10.8 Å². The zero-order chi connectivity index (χ0) is 18.2. The molecule has 1 saturated heterocycles. The van der Waals surface area contributed by atoms with E-state index < -0.39 is 9.84 Å². The van der Waals surface area contributed by atoms with Crippen LogP contribution in [0.1, 0.15) is 17.5 Å². The first kappa shape index (κ1) is 18.5. The van der Waals surface area contributed by atoms with E-state index in [9.17, 15) is 8.42 Å². The Morgan fingerprint density at radius 3 is 2.88 bits per heavy atom. The SMILES string of the molecule is Cc1cccc(Nc2nn(CN(C)[C@@H]3CCS(=O)(=O)C3)c(=S)s2)c1C. The highest BCUT2D eigenvalue weighted by atomic mass is 32.2. The molecule has 0 aliphatic carbocycles. The Balaban J connectivity index is 1.72. The number of aryl methyl sites for hydroxylation is 1. The fourth-order valence-corrected chi connectivity index (χ4v) is 5.71. The second-order valence-electron chi connectivity index (χ2n) is 6.50. The number of hydrogen-bond acceptors (Lipinski definition) is 7. The largest absolute Gasteiger partial charge is 0.330 e. The molecule has 1 aliphatic rings. The minimum absolute atomic E-state index is 0.0315. The lowest BCUT2D eigenvalue weighted by Crippen LogP contribution is -2.34. The maximum atomic E-state index is 11.7. The highest BCUT2D eigenvalue weighted by molar-refractivity contribution is 7.91. The van der Waals surface area contributed by atoms with Gasteiger partial charge in [-0.15, -0.1) is 5.10 Å². The number of rotatable bonds is 5. The molecule has 1 aliphatic heterocycles. The Labute approximate surface area is 157 Å². The topological polar surface area (TPSA) is 67.2 Å². The maximum Gasteiger partial charge on any atom is 0.209 e. The van der Waals surface area contributed by atoms with Crippen LogP contribution in [0, 0.1) is 17.8 Å². The van der Waals surface area contributed by atoms with Crippen molar-refractivity contribution in [3.63, 3.8) is 0 Å². The fourth-order valence-electron chi connectivity index (χ4n) is 2.90. The Morgan fingerprint density at radius 2 is 2.20 bits per heavy atom. The standard InChI is InChI=1S/C16H22N4O2S3/c1-11-5-4-6-14(12(11)2)17-15-18-20(16(23)24-15)10-19(3)13-7-8-25(21,22)9-13/h4-6,13H,7-10H2,1-3H3,(H,17,18)/t13-/m1/s1. The number of hydrogen-bond donors (Lipinski definition) is 1. The van der Waals surface area contributed by atoms with Crippen LogP contribution in [0.5, 0.6) is 0 Å². The summed E-state index contributed by atoms with van der Waals surface area (Å²) in [5.41, 5.74) is 3.42. The molecular formula is C16H22N4O2S3. The van der Waals surface area contributed by atoms with Crippen LogP contribution in [0.3, 0.4) is 0 Å². The molecule has 2 aromatic rings. The molecule has 0 spiro atoms. The summed E-state index contributed by atoms with van der Waals surface area (Å²) in [6.07, 6.45) is 0.671. The van der Waals surface area contributed by atoms with Gasteiger partial charge in [-0.25, -0.2) is 13.1 Å². The molecule has 0 saturated carbocycles. The van der Waals surface area contributed by atoms with Crippen LogP contribution in [0.2, 0.25) is 0 Å². The van der Waals surface area contributed by atoms with Crippen molar-refractivity contribution in [2.24, 2.45) is 0 Å². The van der Waals surface area contributed by atoms with Gasteiger partial charge in [0.15, 0.2) is 13.8 Å². The Morgan fingerprint density at radius 1 is 1.44 bits per heavy atom. The molecule has 25 heavy (non-hydrogen) atoms. The number of nitrogens with zero attached hydrogens (tertiary/aromatic N) is 3. The first-order valence-electron chi connectivity index (χ1n) is 8.07. The summed E-state index contributed by atoms with van der Waals surface area (Å²) in [5.74, 6) is 0.485. The molecule has 1 atom stereocenters. The normalized spacial score (nSPS) is 19.4. The van der Waals surface area contributed by atoms with Crippen molar-refractivity contribution in [2.75, 3.05) is 23.9 Å². The molecule has 0 unspecified atom stereocenters. The summed E-state index contributed by atoms with van der Waals surface area (Å²) in [7, 11) is -0.973. The molecule has 136 valence electrons. The second-order valence-corrected chi connectivity index (χ2v) is 10.4. The second kappa shape index (κ2) is 7.14. The molecule has 0 radical (unpaired) electrons. The van der Waals surface area contributed by atoms with Crippen LogP contribution >= 0.6 is 23.6 Å². The minimum atomic E-state index is -2.89. The van der Waals surface area contributed by atoms with Crippen molar-refractivity contribution in [1.82, 2.24) is 14.7 Å². The van der Waals surface area contributed by atoms with Gasteiger partial charge in [0.25, 0.3) is 0 Å². The van der Waals surface area contributed by atoms with E-state index in [0.29, 0.717) is 17.0 Å². The molecule has 3 rings (SSSR count). The zero-order valence-electron chi connectivity index (χ0n) is 14.5. The zero-order valence-corrected chi connectivity index (χ0v) is 17.0. The highest BCUT2D eigenvalue weighted by Gasteiger charge is 2.30. The number of benzene rings is 1. The van der Waals surface area contributed by atoms with E-state index >= 15 is 0 Å². The third kappa shape index (κ3) is 4.28. The van der Waals surface area contributed by atoms with Crippen molar-refractivity contribution in [1.29, 1.82) is 0 Å². The summed E-state index contributed by atoms with van der Waals surface area (Å²) in [5, 5.41) is 8.63. The molecular weight excluding hydrogens is 376 g/mol. The van der Waals surface area contributed by atoms with Crippen LogP contribution in [-0.2, 0) is 16.5 Å². The first-order chi connectivity index (χ1) is 11.7. The Kier molecular flexibility index (Phi) is 5.29. The smallest absolute Gasteiger partial charge is 0.209 e. The monoisotopic (exact) mass is 398 g/mol. The van der Waals surface area contributed by atoms with Crippen molar-refractivity contribution < 1.29 is 8.42 Å². The molecule has 1 N–H and O–H groups in total. The fraction of sp³-hybridized carbons (Fsp3) is 0.500. The van der Waals surface area contributed by atoms with Gasteiger partial charge in [0.05, 0.1) is 18.2 Å². The summed E-state index contributed by atoms with van der Waals surface area (Å²) in [4.78, 5) is 2.02. The van der Waals surface area contributed by atoms with E-state index in [1.807, 2.05) is 24.1 Å². The van der Waals surface area contributed by atoms with Crippen molar-refractivity contribution in [3.8, 4) is 0 Å². The molecule has 0 amide bonds. The average molecular weight is 399 g/mol. The van der Waals surface area contributed by atoms with Gasteiger partial charge in [-0.1, -0.05) is 23.5 Å². The Bertz CT molecular complexity index is 933. The summed E-state index contributed by atoms with van der Waals surface area (Å²) < 4.78 is 25.7. The lowest BCUT2D eigenvalue weighted by atomic mass is 10.1. The highest BCUT2D eigenvalue weighted by Crippen LogP contribution is 2.25. The van der Waals surface area contributed by atoms with Crippen molar-refractivity contribution in [3.05, 3.63) is 33.3 Å². The van der Waals surface area contributed by atoms with Gasteiger partial charge in [0.2, 0.25) is 5.13 Å². The summed E-state index contributed by atoms with van der Waals surface area (Å²) >= 11 is 6.84. The van der Waals surface area contributed by atoms with Gasteiger partial charge in [0, 0.05) is 11.7 Å². The van der Waals surface area contributed by atoms with Crippen LogP contribution in [0.25, 0.3) is 0 Å². The predicted octanol–water partition coefficient (Wildman–Crippen LogP) is 3.11. The van der Waals surface area contributed by atoms with Crippen LogP contribution in [-0.4, -0.2) is 47.7 Å². The van der Waals surface area contributed by atoms with E-state index in [1.165, 1.54) is 22.5 Å².